The van der Waals surface area contributed by atoms with E-state index in [1.807, 2.05) is 0 Å². The van der Waals surface area contributed by atoms with Gasteiger partial charge in [0.05, 0.1) is 0 Å². The summed E-state index contributed by atoms with van der Waals surface area (Å²) in [5, 5.41) is 0. The number of hydrogen-bond acceptors (Lipinski definition) is 1. The van der Waals surface area contributed by atoms with Crippen LogP contribution in [0.15, 0.2) is 30.3 Å². The molecule has 104 valence electrons. The SMILES string of the molecule is CCC1(C)CCN(Cc2ccccc2)C2(CCC2)C1. The van der Waals surface area contributed by atoms with E-state index in [1.165, 1.54) is 50.6 Å². The zero-order valence-corrected chi connectivity index (χ0v) is 12.5. The summed E-state index contributed by atoms with van der Waals surface area (Å²) < 4.78 is 0. The summed E-state index contributed by atoms with van der Waals surface area (Å²) in [5.41, 5.74) is 2.61. The molecule has 1 aliphatic carbocycles. The summed E-state index contributed by atoms with van der Waals surface area (Å²) in [6.45, 7) is 7.33. The Morgan fingerprint density at radius 1 is 1.11 bits per heavy atom. The quantitative estimate of drug-likeness (QED) is 0.763. The van der Waals surface area contributed by atoms with Crippen LogP contribution in [0.25, 0.3) is 0 Å². The van der Waals surface area contributed by atoms with Gasteiger partial charge in [-0.2, -0.15) is 0 Å². The van der Waals surface area contributed by atoms with Crippen LogP contribution in [0.5, 0.6) is 0 Å². The first-order chi connectivity index (χ1) is 9.16. The molecule has 1 aromatic rings. The highest BCUT2D eigenvalue weighted by atomic mass is 15.2. The van der Waals surface area contributed by atoms with Crippen molar-refractivity contribution in [1.29, 1.82) is 0 Å². The first-order valence-corrected chi connectivity index (χ1v) is 7.95. The van der Waals surface area contributed by atoms with E-state index in [0.29, 0.717) is 11.0 Å². The van der Waals surface area contributed by atoms with E-state index in [-0.39, 0.29) is 0 Å². The fourth-order valence-electron chi connectivity index (χ4n) is 4.07. The van der Waals surface area contributed by atoms with Crippen molar-refractivity contribution in [1.82, 2.24) is 4.90 Å². The van der Waals surface area contributed by atoms with Crippen molar-refractivity contribution in [2.45, 2.75) is 64.5 Å². The van der Waals surface area contributed by atoms with E-state index in [9.17, 15) is 0 Å². The van der Waals surface area contributed by atoms with Crippen molar-refractivity contribution < 1.29 is 0 Å². The highest BCUT2D eigenvalue weighted by Crippen LogP contribution is 2.52. The summed E-state index contributed by atoms with van der Waals surface area (Å²) in [7, 11) is 0. The van der Waals surface area contributed by atoms with Gasteiger partial charge in [-0.3, -0.25) is 4.90 Å². The molecule has 1 saturated carbocycles. The second-order valence-electron chi connectivity index (χ2n) is 7.08. The summed E-state index contributed by atoms with van der Waals surface area (Å²) in [6, 6.07) is 11.0. The molecule has 19 heavy (non-hydrogen) atoms. The van der Waals surface area contributed by atoms with Crippen molar-refractivity contribution >= 4 is 0 Å². The second kappa shape index (κ2) is 4.94. The lowest BCUT2D eigenvalue weighted by Crippen LogP contribution is -2.59. The van der Waals surface area contributed by atoms with Crippen LogP contribution in [-0.4, -0.2) is 17.0 Å². The first-order valence-electron chi connectivity index (χ1n) is 7.95. The summed E-state index contributed by atoms with van der Waals surface area (Å²) in [4.78, 5) is 2.79. The highest BCUT2D eigenvalue weighted by molar-refractivity contribution is 5.16. The smallest absolute Gasteiger partial charge is 0.0239 e. The number of rotatable bonds is 3. The lowest BCUT2D eigenvalue weighted by molar-refractivity contribution is -0.0727. The normalized spacial score (nSPS) is 30.2. The number of benzene rings is 1. The molecule has 1 heteroatoms. The minimum Gasteiger partial charge on any atom is -0.293 e. The highest BCUT2D eigenvalue weighted by Gasteiger charge is 2.49. The Kier molecular flexibility index (Phi) is 3.42. The first kappa shape index (κ1) is 13.2. The van der Waals surface area contributed by atoms with E-state index in [2.05, 4.69) is 49.1 Å². The molecule has 0 bridgehead atoms. The van der Waals surface area contributed by atoms with Crippen LogP contribution in [0.2, 0.25) is 0 Å². The van der Waals surface area contributed by atoms with Gasteiger partial charge in [0.15, 0.2) is 0 Å². The minimum atomic E-state index is 0.541. The molecule has 1 atom stereocenters. The fourth-order valence-corrected chi connectivity index (χ4v) is 4.07. The maximum atomic E-state index is 2.79. The van der Waals surface area contributed by atoms with Gasteiger partial charge >= 0.3 is 0 Å². The number of piperidine rings is 1. The molecule has 1 heterocycles. The predicted molar refractivity (Wildman–Crippen MR) is 81.1 cm³/mol. The van der Waals surface area contributed by atoms with Crippen LogP contribution >= 0.6 is 0 Å². The molecule has 1 aliphatic heterocycles. The molecule has 1 nitrogen and oxygen atoms in total. The Balaban J connectivity index is 1.75. The zero-order valence-electron chi connectivity index (χ0n) is 12.5. The molecule has 0 radical (unpaired) electrons. The third-order valence-corrected chi connectivity index (χ3v) is 5.77. The third kappa shape index (κ3) is 2.45. The monoisotopic (exact) mass is 257 g/mol. The molecule has 1 spiro atoms. The molecule has 0 aromatic heterocycles. The van der Waals surface area contributed by atoms with Crippen molar-refractivity contribution in [3.8, 4) is 0 Å². The molecule has 3 rings (SSSR count). The molecule has 2 aliphatic rings. The van der Waals surface area contributed by atoms with Crippen molar-refractivity contribution in [2.75, 3.05) is 6.54 Å². The van der Waals surface area contributed by atoms with Gasteiger partial charge in [0.1, 0.15) is 0 Å². The van der Waals surface area contributed by atoms with Gasteiger partial charge in [0.2, 0.25) is 0 Å². The van der Waals surface area contributed by atoms with Crippen LogP contribution in [0.1, 0.15) is 57.9 Å². The second-order valence-corrected chi connectivity index (χ2v) is 7.08. The Hall–Kier alpha value is -0.820. The standard InChI is InChI=1S/C18H27N/c1-3-17(2)12-13-19(18(15-17)10-7-11-18)14-16-8-5-4-6-9-16/h4-6,8-9H,3,7,10-15H2,1-2H3. The maximum absolute atomic E-state index is 2.79. The van der Waals surface area contributed by atoms with Gasteiger partial charge in [-0.25, -0.2) is 0 Å². The van der Waals surface area contributed by atoms with Crippen LogP contribution in [-0.2, 0) is 6.54 Å². The molecule has 1 saturated heterocycles. The van der Waals surface area contributed by atoms with Gasteiger partial charge < -0.3 is 0 Å². The van der Waals surface area contributed by atoms with Gasteiger partial charge in [-0.1, -0.05) is 50.6 Å². The Bertz CT molecular complexity index is 421. The Morgan fingerprint density at radius 2 is 1.84 bits per heavy atom. The van der Waals surface area contributed by atoms with E-state index < -0.39 is 0 Å². The van der Waals surface area contributed by atoms with E-state index in [1.54, 1.807) is 0 Å². The van der Waals surface area contributed by atoms with Gasteiger partial charge in [-0.15, -0.1) is 0 Å². The summed E-state index contributed by atoms with van der Waals surface area (Å²) >= 11 is 0. The molecular weight excluding hydrogens is 230 g/mol. The topological polar surface area (TPSA) is 3.24 Å². The van der Waals surface area contributed by atoms with Gasteiger partial charge in [0.25, 0.3) is 0 Å². The number of hydrogen-bond donors (Lipinski definition) is 0. The third-order valence-electron chi connectivity index (χ3n) is 5.77. The van der Waals surface area contributed by atoms with Gasteiger partial charge in [-0.05, 0) is 49.6 Å². The minimum absolute atomic E-state index is 0.541. The van der Waals surface area contributed by atoms with Gasteiger partial charge in [0, 0.05) is 12.1 Å². The average Bonchev–Trinajstić information content (AvgIpc) is 2.40. The van der Waals surface area contributed by atoms with Crippen LogP contribution < -0.4 is 0 Å². The maximum Gasteiger partial charge on any atom is 0.0239 e. The van der Waals surface area contributed by atoms with E-state index in [0.717, 1.165) is 6.54 Å². The summed E-state index contributed by atoms with van der Waals surface area (Å²) in [6.07, 6.45) is 8.42. The number of nitrogens with zero attached hydrogens (tertiary/aromatic N) is 1. The average molecular weight is 257 g/mol. The molecule has 1 unspecified atom stereocenters. The molecule has 0 N–H and O–H groups in total. The van der Waals surface area contributed by atoms with Crippen LogP contribution in [0.4, 0.5) is 0 Å². The largest absolute Gasteiger partial charge is 0.293 e. The van der Waals surface area contributed by atoms with E-state index >= 15 is 0 Å². The van der Waals surface area contributed by atoms with E-state index in [4.69, 9.17) is 0 Å². The van der Waals surface area contributed by atoms with Crippen molar-refractivity contribution in [2.24, 2.45) is 5.41 Å². The molecular formula is C18H27N. The number of likely N-dealkylation sites (tertiary alicyclic amines) is 1. The van der Waals surface area contributed by atoms with Crippen molar-refractivity contribution in [3.63, 3.8) is 0 Å². The fraction of sp³-hybridized carbons (Fsp3) is 0.667. The Labute approximate surface area is 118 Å². The molecule has 0 amide bonds. The summed E-state index contributed by atoms with van der Waals surface area (Å²) in [5.74, 6) is 0. The van der Waals surface area contributed by atoms with Crippen LogP contribution in [0, 0.1) is 5.41 Å². The lowest BCUT2D eigenvalue weighted by Gasteiger charge is -2.58. The van der Waals surface area contributed by atoms with Crippen LogP contribution in [0.3, 0.4) is 0 Å². The molecule has 2 fully saturated rings. The zero-order chi connectivity index (χ0) is 13.3. The lowest BCUT2D eigenvalue weighted by atomic mass is 9.61. The molecule has 1 aromatic carbocycles. The Morgan fingerprint density at radius 3 is 2.42 bits per heavy atom. The predicted octanol–water partition coefficient (Wildman–Crippen LogP) is 4.62. The van der Waals surface area contributed by atoms with Crippen molar-refractivity contribution in [3.05, 3.63) is 35.9 Å².